The lowest BCUT2D eigenvalue weighted by molar-refractivity contribution is -0.145. The van der Waals surface area contributed by atoms with Crippen molar-refractivity contribution in [2.75, 3.05) is 21.0 Å². The molecule has 0 unspecified atom stereocenters. The van der Waals surface area contributed by atoms with Crippen LogP contribution in [0.2, 0.25) is 0 Å². The minimum atomic E-state index is -4.45. The van der Waals surface area contributed by atoms with Crippen molar-refractivity contribution < 1.29 is 32.2 Å². The fourth-order valence-corrected chi connectivity index (χ4v) is 3.03. The monoisotopic (exact) mass is 332 g/mol. The summed E-state index contributed by atoms with van der Waals surface area (Å²) in [5.41, 5.74) is -0.377. The minimum Gasteiger partial charge on any atom is -0.469 e. The molecule has 0 aliphatic heterocycles. The van der Waals surface area contributed by atoms with Crippen LogP contribution in [0.4, 0.5) is 13.2 Å². The molecule has 4 nitrogen and oxygen atoms in total. The van der Waals surface area contributed by atoms with Gasteiger partial charge in [0.15, 0.2) is 6.79 Å². The smallest absolute Gasteiger partial charge is 0.416 e. The van der Waals surface area contributed by atoms with E-state index in [0.29, 0.717) is 24.2 Å². The predicted octanol–water partition coefficient (Wildman–Crippen LogP) is 3.74. The van der Waals surface area contributed by atoms with E-state index >= 15 is 0 Å². The Morgan fingerprint density at radius 2 is 2.00 bits per heavy atom. The Morgan fingerprint density at radius 1 is 1.26 bits per heavy atom. The van der Waals surface area contributed by atoms with Gasteiger partial charge in [0.25, 0.3) is 0 Å². The Bertz CT molecular complexity index is 557. The normalized spacial score (nSPS) is 21.3. The van der Waals surface area contributed by atoms with Gasteiger partial charge in [-0.3, -0.25) is 4.79 Å². The molecule has 1 saturated carbocycles. The maximum atomic E-state index is 13.0. The molecule has 0 bridgehead atoms. The van der Waals surface area contributed by atoms with E-state index in [1.165, 1.54) is 20.3 Å². The van der Waals surface area contributed by atoms with E-state index in [1.54, 1.807) is 0 Å². The molecule has 1 aromatic carbocycles. The topological polar surface area (TPSA) is 44.8 Å². The maximum Gasteiger partial charge on any atom is 0.416 e. The summed E-state index contributed by atoms with van der Waals surface area (Å²) in [6.07, 6.45) is -2.49. The zero-order valence-electron chi connectivity index (χ0n) is 13.0. The third-order valence-corrected chi connectivity index (χ3v) is 4.09. The number of esters is 1. The lowest BCUT2D eigenvalue weighted by atomic mass is 9.87. The molecule has 1 aliphatic carbocycles. The average Bonchev–Trinajstić information content (AvgIpc) is 3.00. The van der Waals surface area contributed by atoms with Crippen LogP contribution in [0.3, 0.4) is 0 Å². The number of rotatable bonds is 5. The summed E-state index contributed by atoms with van der Waals surface area (Å²) in [5.74, 6) is -0.895. The number of benzene rings is 1. The van der Waals surface area contributed by atoms with Crippen molar-refractivity contribution in [1.82, 2.24) is 0 Å². The number of carbonyl (C=O) groups excluding carboxylic acids is 1. The Labute approximate surface area is 132 Å². The van der Waals surface area contributed by atoms with Gasteiger partial charge in [-0.1, -0.05) is 6.42 Å². The van der Waals surface area contributed by atoms with Gasteiger partial charge in [0.2, 0.25) is 0 Å². The highest BCUT2D eigenvalue weighted by Crippen LogP contribution is 2.45. The summed E-state index contributed by atoms with van der Waals surface area (Å²) >= 11 is 0. The lowest BCUT2D eigenvalue weighted by Gasteiger charge is -2.22. The average molecular weight is 332 g/mol. The Hall–Kier alpha value is -1.76. The number of alkyl halides is 3. The second kappa shape index (κ2) is 7.21. The van der Waals surface area contributed by atoms with Crippen LogP contribution in [0, 0.1) is 5.92 Å². The first-order valence-corrected chi connectivity index (χ1v) is 7.29. The van der Waals surface area contributed by atoms with Gasteiger partial charge < -0.3 is 14.2 Å². The van der Waals surface area contributed by atoms with E-state index < -0.39 is 23.6 Å². The van der Waals surface area contributed by atoms with E-state index in [9.17, 15) is 18.0 Å². The number of hydrogen-bond donors (Lipinski definition) is 0. The molecular formula is C16H19F3O4. The molecule has 1 aliphatic rings. The number of carbonyl (C=O) groups is 1. The molecule has 0 amide bonds. The summed E-state index contributed by atoms with van der Waals surface area (Å²) in [6, 6.07) is 3.32. The summed E-state index contributed by atoms with van der Waals surface area (Å²) < 4.78 is 54.0. The van der Waals surface area contributed by atoms with Crippen LogP contribution in [-0.2, 0) is 20.4 Å². The SMILES string of the molecule is COCOc1ccc(C(F)(F)F)cc1[C@@H]1CCC[C@@H]1C(=O)OC. The van der Waals surface area contributed by atoms with Crippen LogP contribution < -0.4 is 4.74 Å². The molecule has 0 N–H and O–H groups in total. The highest BCUT2D eigenvalue weighted by atomic mass is 19.4. The first-order chi connectivity index (χ1) is 10.9. The molecule has 128 valence electrons. The van der Waals surface area contributed by atoms with Crippen molar-refractivity contribution in [3.05, 3.63) is 29.3 Å². The molecule has 23 heavy (non-hydrogen) atoms. The van der Waals surface area contributed by atoms with Crippen LogP contribution in [-0.4, -0.2) is 27.0 Å². The number of ether oxygens (including phenoxy) is 3. The summed E-state index contributed by atoms with van der Waals surface area (Å²) in [5, 5.41) is 0. The number of halogens is 3. The first-order valence-electron chi connectivity index (χ1n) is 7.29. The summed E-state index contributed by atoms with van der Waals surface area (Å²) in [4.78, 5) is 11.9. The van der Waals surface area contributed by atoms with Gasteiger partial charge in [-0.2, -0.15) is 13.2 Å². The second-order valence-electron chi connectivity index (χ2n) is 5.47. The second-order valence-corrected chi connectivity index (χ2v) is 5.47. The van der Waals surface area contributed by atoms with Gasteiger partial charge in [-0.05, 0) is 36.6 Å². The van der Waals surface area contributed by atoms with Crippen LogP contribution in [0.25, 0.3) is 0 Å². The van der Waals surface area contributed by atoms with E-state index in [4.69, 9.17) is 14.2 Å². The molecule has 0 saturated heterocycles. The van der Waals surface area contributed by atoms with Crippen molar-refractivity contribution in [2.45, 2.75) is 31.4 Å². The fraction of sp³-hybridized carbons (Fsp3) is 0.562. The molecule has 7 heteroatoms. The van der Waals surface area contributed by atoms with E-state index in [0.717, 1.165) is 18.6 Å². The molecule has 0 heterocycles. The zero-order valence-corrected chi connectivity index (χ0v) is 13.0. The fourth-order valence-electron chi connectivity index (χ4n) is 3.03. The third kappa shape index (κ3) is 3.96. The Balaban J connectivity index is 2.41. The Morgan fingerprint density at radius 3 is 2.61 bits per heavy atom. The van der Waals surface area contributed by atoms with E-state index in [1.807, 2.05) is 0 Å². The van der Waals surface area contributed by atoms with E-state index in [2.05, 4.69) is 0 Å². The van der Waals surface area contributed by atoms with Gasteiger partial charge in [0.05, 0.1) is 18.6 Å². The van der Waals surface area contributed by atoms with Crippen LogP contribution >= 0.6 is 0 Å². The molecule has 0 aromatic heterocycles. The molecule has 0 radical (unpaired) electrons. The van der Waals surface area contributed by atoms with Crippen molar-refractivity contribution in [3.63, 3.8) is 0 Å². The van der Waals surface area contributed by atoms with Gasteiger partial charge in [-0.25, -0.2) is 0 Å². The third-order valence-electron chi connectivity index (χ3n) is 4.09. The summed E-state index contributed by atoms with van der Waals surface area (Å²) in [7, 11) is 2.71. The minimum absolute atomic E-state index is 0.0754. The first kappa shape index (κ1) is 17.6. The molecule has 2 rings (SSSR count). The van der Waals surface area contributed by atoms with Crippen molar-refractivity contribution in [2.24, 2.45) is 5.92 Å². The zero-order chi connectivity index (χ0) is 17.0. The quantitative estimate of drug-likeness (QED) is 0.608. The number of methoxy groups -OCH3 is 2. The predicted molar refractivity (Wildman–Crippen MR) is 76.0 cm³/mol. The van der Waals surface area contributed by atoms with Gasteiger partial charge in [0.1, 0.15) is 5.75 Å². The van der Waals surface area contributed by atoms with Gasteiger partial charge in [-0.15, -0.1) is 0 Å². The van der Waals surface area contributed by atoms with Crippen LogP contribution in [0.1, 0.15) is 36.3 Å². The van der Waals surface area contributed by atoms with Gasteiger partial charge >= 0.3 is 12.1 Å². The van der Waals surface area contributed by atoms with Crippen molar-refractivity contribution in [1.29, 1.82) is 0 Å². The molecular weight excluding hydrogens is 313 g/mol. The lowest BCUT2D eigenvalue weighted by Crippen LogP contribution is -2.20. The molecule has 0 spiro atoms. The highest BCUT2D eigenvalue weighted by Gasteiger charge is 2.38. The van der Waals surface area contributed by atoms with Gasteiger partial charge in [0, 0.05) is 13.0 Å². The number of hydrogen-bond acceptors (Lipinski definition) is 4. The molecule has 2 atom stereocenters. The molecule has 1 aromatic rings. The maximum absolute atomic E-state index is 13.0. The van der Waals surface area contributed by atoms with Crippen molar-refractivity contribution >= 4 is 5.97 Å². The van der Waals surface area contributed by atoms with Crippen LogP contribution in [0.15, 0.2) is 18.2 Å². The van der Waals surface area contributed by atoms with Crippen LogP contribution in [0.5, 0.6) is 5.75 Å². The largest absolute Gasteiger partial charge is 0.469 e. The van der Waals surface area contributed by atoms with E-state index in [-0.39, 0.29) is 12.7 Å². The molecule has 1 fully saturated rings. The van der Waals surface area contributed by atoms with Crippen molar-refractivity contribution in [3.8, 4) is 5.75 Å². The standard InChI is InChI=1S/C16H19F3O4/c1-21-9-23-14-7-6-10(16(17,18)19)8-13(14)11-4-3-5-12(11)15(20)22-2/h6-8,11-12H,3-5,9H2,1-2H3/t11-,12+/m1/s1. The Kier molecular flexibility index (Phi) is 5.51. The highest BCUT2D eigenvalue weighted by molar-refractivity contribution is 5.74. The summed E-state index contributed by atoms with van der Waals surface area (Å²) in [6.45, 7) is -0.0754.